The zero-order chi connectivity index (χ0) is 14.7. The largest absolute Gasteiger partial charge is 0.488 e. The van der Waals surface area contributed by atoms with Crippen molar-refractivity contribution in [2.75, 3.05) is 33.2 Å². The molecular formula is C17H25FN2O. The van der Waals surface area contributed by atoms with Crippen molar-refractivity contribution in [1.82, 2.24) is 10.2 Å². The molecule has 2 aliphatic heterocycles. The van der Waals surface area contributed by atoms with Gasteiger partial charge in [0.15, 0.2) is 0 Å². The second-order valence-corrected chi connectivity index (χ2v) is 6.44. The molecule has 0 spiro atoms. The second-order valence-electron chi connectivity index (χ2n) is 6.44. The van der Waals surface area contributed by atoms with Gasteiger partial charge in [-0.1, -0.05) is 0 Å². The SMILES string of the molecule is CN1CCC(CCNCC2Cc3cc(F)ccc3O2)CC1. The van der Waals surface area contributed by atoms with Crippen molar-refractivity contribution >= 4 is 0 Å². The minimum atomic E-state index is -0.173. The first-order valence-corrected chi connectivity index (χ1v) is 8.05. The van der Waals surface area contributed by atoms with Gasteiger partial charge in [-0.3, -0.25) is 0 Å². The molecule has 1 N–H and O–H groups in total. The Hall–Kier alpha value is -1.13. The third-order valence-corrected chi connectivity index (χ3v) is 4.70. The molecule has 2 aliphatic rings. The Morgan fingerprint density at radius 3 is 2.95 bits per heavy atom. The highest BCUT2D eigenvalue weighted by Gasteiger charge is 2.23. The summed E-state index contributed by atoms with van der Waals surface area (Å²) in [7, 11) is 2.20. The molecule has 0 amide bonds. The lowest BCUT2D eigenvalue weighted by atomic mass is 9.94. The van der Waals surface area contributed by atoms with Gasteiger partial charge in [0.05, 0.1) is 0 Å². The van der Waals surface area contributed by atoms with Gasteiger partial charge in [0.1, 0.15) is 17.7 Å². The van der Waals surface area contributed by atoms with Crippen molar-refractivity contribution in [3.8, 4) is 5.75 Å². The summed E-state index contributed by atoms with van der Waals surface area (Å²) < 4.78 is 19.0. The number of ether oxygens (including phenoxy) is 1. The van der Waals surface area contributed by atoms with E-state index >= 15 is 0 Å². The van der Waals surface area contributed by atoms with Crippen molar-refractivity contribution < 1.29 is 9.13 Å². The zero-order valence-corrected chi connectivity index (χ0v) is 12.8. The molecule has 3 nitrogen and oxygen atoms in total. The molecule has 1 aromatic rings. The molecule has 21 heavy (non-hydrogen) atoms. The first-order valence-electron chi connectivity index (χ1n) is 8.05. The van der Waals surface area contributed by atoms with Crippen molar-refractivity contribution in [2.45, 2.75) is 31.8 Å². The van der Waals surface area contributed by atoms with Gasteiger partial charge < -0.3 is 15.0 Å². The fourth-order valence-corrected chi connectivity index (χ4v) is 3.32. The molecule has 4 heteroatoms. The van der Waals surface area contributed by atoms with Crippen LogP contribution in [0.25, 0.3) is 0 Å². The van der Waals surface area contributed by atoms with E-state index < -0.39 is 0 Å². The molecule has 1 fully saturated rings. The lowest BCUT2D eigenvalue weighted by Gasteiger charge is -2.29. The van der Waals surface area contributed by atoms with Crippen molar-refractivity contribution in [3.63, 3.8) is 0 Å². The molecule has 0 radical (unpaired) electrons. The highest BCUT2D eigenvalue weighted by molar-refractivity contribution is 5.37. The quantitative estimate of drug-likeness (QED) is 0.844. The topological polar surface area (TPSA) is 24.5 Å². The second kappa shape index (κ2) is 6.75. The monoisotopic (exact) mass is 292 g/mol. The molecule has 116 valence electrons. The van der Waals surface area contributed by atoms with Gasteiger partial charge in [0, 0.05) is 18.5 Å². The van der Waals surface area contributed by atoms with E-state index in [1.54, 1.807) is 12.1 Å². The number of benzene rings is 1. The van der Waals surface area contributed by atoms with Crippen LogP contribution in [0.1, 0.15) is 24.8 Å². The smallest absolute Gasteiger partial charge is 0.123 e. The van der Waals surface area contributed by atoms with Crippen LogP contribution in [0.5, 0.6) is 5.75 Å². The lowest BCUT2D eigenvalue weighted by molar-refractivity contribution is 0.204. The van der Waals surface area contributed by atoms with E-state index in [4.69, 9.17) is 4.74 Å². The number of halogens is 1. The number of hydrogen-bond acceptors (Lipinski definition) is 3. The number of piperidine rings is 1. The fraction of sp³-hybridized carbons (Fsp3) is 0.647. The van der Waals surface area contributed by atoms with Crippen LogP contribution in [-0.4, -0.2) is 44.2 Å². The molecule has 0 saturated carbocycles. The fourth-order valence-electron chi connectivity index (χ4n) is 3.32. The Labute approximate surface area is 126 Å². The molecule has 3 rings (SSSR count). The normalized spacial score (nSPS) is 23.0. The summed E-state index contributed by atoms with van der Waals surface area (Å²) in [5.74, 6) is 1.54. The standard InChI is InChI=1S/C17H25FN2O/c1-20-8-5-13(6-9-20)4-7-19-12-16-11-14-10-15(18)2-3-17(14)21-16/h2-3,10,13,16,19H,4-9,11-12H2,1H3. The van der Waals surface area contributed by atoms with E-state index in [0.29, 0.717) is 0 Å². The highest BCUT2D eigenvalue weighted by atomic mass is 19.1. The van der Waals surface area contributed by atoms with E-state index in [2.05, 4.69) is 17.3 Å². The minimum absolute atomic E-state index is 0.152. The van der Waals surface area contributed by atoms with Crippen molar-refractivity contribution in [1.29, 1.82) is 0 Å². The Morgan fingerprint density at radius 2 is 2.14 bits per heavy atom. The molecule has 0 bridgehead atoms. The van der Waals surface area contributed by atoms with E-state index in [9.17, 15) is 4.39 Å². The number of likely N-dealkylation sites (tertiary alicyclic amines) is 1. The summed E-state index contributed by atoms with van der Waals surface area (Å²) in [5.41, 5.74) is 0.997. The lowest BCUT2D eigenvalue weighted by Crippen LogP contribution is -2.34. The Bertz CT molecular complexity index is 472. The first-order chi connectivity index (χ1) is 10.2. The molecule has 2 heterocycles. The Morgan fingerprint density at radius 1 is 1.33 bits per heavy atom. The van der Waals surface area contributed by atoms with Crippen LogP contribution in [-0.2, 0) is 6.42 Å². The van der Waals surface area contributed by atoms with E-state index in [-0.39, 0.29) is 11.9 Å². The summed E-state index contributed by atoms with van der Waals surface area (Å²) in [5, 5.41) is 3.50. The summed E-state index contributed by atoms with van der Waals surface area (Å²) >= 11 is 0. The summed E-state index contributed by atoms with van der Waals surface area (Å²) in [6.45, 7) is 4.37. The molecule has 1 atom stereocenters. The van der Waals surface area contributed by atoms with Crippen LogP contribution in [0.3, 0.4) is 0 Å². The first kappa shape index (κ1) is 14.8. The predicted octanol–water partition coefficient (Wildman–Crippen LogP) is 2.45. The highest BCUT2D eigenvalue weighted by Crippen LogP contribution is 2.29. The van der Waals surface area contributed by atoms with Crippen LogP contribution < -0.4 is 10.1 Å². The van der Waals surface area contributed by atoms with Crippen LogP contribution >= 0.6 is 0 Å². The van der Waals surface area contributed by atoms with Gasteiger partial charge in [-0.2, -0.15) is 0 Å². The van der Waals surface area contributed by atoms with E-state index in [0.717, 1.165) is 36.7 Å². The van der Waals surface area contributed by atoms with Gasteiger partial charge in [-0.25, -0.2) is 4.39 Å². The Balaban J connectivity index is 1.34. The maximum absolute atomic E-state index is 13.2. The molecule has 1 aromatic carbocycles. The molecule has 0 aromatic heterocycles. The van der Waals surface area contributed by atoms with Gasteiger partial charge >= 0.3 is 0 Å². The van der Waals surface area contributed by atoms with E-state index in [1.807, 2.05) is 0 Å². The van der Waals surface area contributed by atoms with Gasteiger partial charge in [-0.05, 0) is 70.1 Å². The van der Waals surface area contributed by atoms with Crippen molar-refractivity contribution in [2.24, 2.45) is 5.92 Å². The van der Waals surface area contributed by atoms with Crippen LogP contribution in [0, 0.1) is 11.7 Å². The van der Waals surface area contributed by atoms with Gasteiger partial charge in [0.25, 0.3) is 0 Å². The zero-order valence-electron chi connectivity index (χ0n) is 12.8. The number of nitrogens with one attached hydrogen (secondary N) is 1. The third kappa shape index (κ3) is 3.95. The minimum Gasteiger partial charge on any atom is -0.488 e. The molecule has 0 aliphatic carbocycles. The predicted molar refractivity (Wildman–Crippen MR) is 82.2 cm³/mol. The van der Waals surface area contributed by atoms with Gasteiger partial charge in [0.2, 0.25) is 0 Å². The van der Waals surface area contributed by atoms with E-state index in [1.165, 1.54) is 38.4 Å². The summed E-state index contributed by atoms with van der Waals surface area (Å²) in [6, 6.07) is 4.80. The molecule has 1 saturated heterocycles. The van der Waals surface area contributed by atoms with Crippen LogP contribution in [0.15, 0.2) is 18.2 Å². The summed E-state index contributed by atoms with van der Waals surface area (Å²) in [4.78, 5) is 2.41. The Kier molecular flexibility index (Phi) is 4.76. The number of hydrogen-bond donors (Lipinski definition) is 1. The van der Waals surface area contributed by atoms with Crippen LogP contribution in [0.4, 0.5) is 4.39 Å². The average molecular weight is 292 g/mol. The summed E-state index contributed by atoms with van der Waals surface area (Å²) in [6.07, 6.45) is 4.86. The molecular weight excluding hydrogens is 267 g/mol. The van der Waals surface area contributed by atoms with Crippen LogP contribution in [0.2, 0.25) is 0 Å². The number of nitrogens with zero attached hydrogens (tertiary/aromatic N) is 1. The maximum Gasteiger partial charge on any atom is 0.123 e. The maximum atomic E-state index is 13.2. The third-order valence-electron chi connectivity index (χ3n) is 4.70. The number of rotatable bonds is 5. The number of fused-ring (bicyclic) bond motifs is 1. The van der Waals surface area contributed by atoms with Crippen molar-refractivity contribution in [3.05, 3.63) is 29.6 Å². The average Bonchev–Trinajstić information content (AvgIpc) is 2.87. The molecule has 1 unspecified atom stereocenters. The van der Waals surface area contributed by atoms with Gasteiger partial charge in [-0.15, -0.1) is 0 Å².